The van der Waals surface area contributed by atoms with Gasteiger partial charge in [-0.2, -0.15) is 0 Å². The second-order valence-corrected chi connectivity index (χ2v) is 6.39. The molecule has 21 heavy (non-hydrogen) atoms. The predicted octanol–water partition coefficient (Wildman–Crippen LogP) is 3.42. The Bertz CT molecular complexity index is 581. The highest BCUT2D eigenvalue weighted by Crippen LogP contribution is 2.31. The van der Waals surface area contributed by atoms with Crippen LogP contribution in [0.2, 0.25) is 0 Å². The van der Waals surface area contributed by atoms with E-state index in [0.29, 0.717) is 6.54 Å². The summed E-state index contributed by atoms with van der Waals surface area (Å²) in [5.74, 6) is 1.13. The van der Waals surface area contributed by atoms with Crippen molar-refractivity contribution in [1.29, 1.82) is 0 Å². The molecule has 1 N–H and O–H groups in total. The van der Waals surface area contributed by atoms with Gasteiger partial charge < -0.3 is 9.73 Å². The summed E-state index contributed by atoms with van der Waals surface area (Å²) in [7, 11) is 0. The van der Waals surface area contributed by atoms with Gasteiger partial charge in [-0.05, 0) is 30.5 Å². The number of aryl methyl sites for hydroxylation is 1. The number of amides is 1. The standard InChI is InChI=1S/C16H20N2O2S/c1-11(2)15(21-14-6-8-20-12(14)3)16(19)18-10-13-5-4-7-17-9-13/h4-9,11,15H,10H2,1-3H3,(H,18,19)/t15-/m1/s1. The van der Waals surface area contributed by atoms with Crippen LogP contribution in [0, 0.1) is 12.8 Å². The van der Waals surface area contributed by atoms with Gasteiger partial charge in [-0.1, -0.05) is 19.9 Å². The van der Waals surface area contributed by atoms with Gasteiger partial charge in [-0.3, -0.25) is 9.78 Å². The molecule has 0 aliphatic rings. The molecule has 0 aliphatic heterocycles. The molecule has 2 heterocycles. The molecule has 0 fully saturated rings. The zero-order valence-electron chi connectivity index (χ0n) is 12.5. The number of nitrogens with one attached hydrogen (secondary N) is 1. The van der Waals surface area contributed by atoms with Gasteiger partial charge >= 0.3 is 0 Å². The van der Waals surface area contributed by atoms with Crippen molar-refractivity contribution in [2.45, 2.75) is 37.5 Å². The minimum Gasteiger partial charge on any atom is -0.468 e. The van der Waals surface area contributed by atoms with Crippen LogP contribution in [-0.4, -0.2) is 16.1 Å². The number of carbonyl (C=O) groups excluding carboxylic acids is 1. The number of nitrogens with zero attached hydrogens (tertiary/aromatic N) is 1. The highest BCUT2D eigenvalue weighted by molar-refractivity contribution is 8.00. The molecule has 0 saturated heterocycles. The van der Waals surface area contributed by atoms with E-state index in [1.165, 1.54) is 0 Å². The maximum absolute atomic E-state index is 12.4. The van der Waals surface area contributed by atoms with E-state index >= 15 is 0 Å². The van der Waals surface area contributed by atoms with Crippen molar-refractivity contribution >= 4 is 17.7 Å². The Morgan fingerprint density at radius 1 is 1.43 bits per heavy atom. The number of pyridine rings is 1. The third kappa shape index (κ3) is 4.36. The first kappa shape index (κ1) is 15.6. The summed E-state index contributed by atoms with van der Waals surface area (Å²) in [5, 5.41) is 2.84. The van der Waals surface area contributed by atoms with Crippen molar-refractivity contribution in [2.75, 3.05) is 0 Å². The van der Waals surface area contributed by atoms with Crippen LogP contribution in [0.25, 0.3) is 0 Å². The number of hydrogen-bond acceptors (Lipinski definition) is 4. The van der Waals surface area contributed by atoms with Crippen molar-refractivity contribution in [3.8, 4) is 0 Å². The van der Waals surface area contributed by atoms with Gasteiger partial charge in [-0.15, -0.1) is 11.8 Å². The molecular formula is C16H20N2O2S. The van der Waals surface area contributed by atoms with Crippen LogP contribution in [0.4, 0.5) is 0 Å². The average molecular weight is 304 g/mol. The maximum atomic E-state index is 12.4. The fraction of sp³-hybridized carbons (Fsp3) is 0.375. The van der Waals surface area contributed by atoms with E-state index in [4.69, 9.17) is 4.42 Å². The second kappa shape index (κ2) is 7.31. The number of carbonyl (C=O) groups is 1. The molecule has 2 aromatic rings. The lowest BCUT2D eigenvalue weighted by atomic mass is 10.1. The van der Waals surface area contributed by atoms with Crippen LogP contribution in [0.15, 0.2) is 46.2 Å². The Morgan fingerprint density at radius 3 is 2.81 bits per heavy atom. The molecule has 4 nitrogen and oxygen atoms in total. The summed E-state index contributed by atoms with van der Waals surface area (Å²) in [6.45, 7) is 6.52. The monoisotopic (exact) mass is 304 g/mol. The Balaban J connectivity index is 1.98. The van der Waals surface area contributed by atoms with Gasteiger partial charge in [0, 0.05) is 23.8 Å². The Kier molecular flexibility index (Phi) is 5.44. The first-order chi connectivity index (χ1) is 10.1. The fourth-order valence-electron chi connectivity index (χ4n) is 1.92. The number of aromatic nitrogens is 1. The van der Waals surface area contributed by atoms with E-state index in [1.54, 1.807) is 30.4 Å². The molecule has 0 radical (unpaired) electrons. The maximum Gasteiger partial charge on any atom is 0.234 e. The summed E-state index contributed by atoms with van der Waals surface area (Å²) in [6, 6.07) is 5.72. The molecule has 112 valence electrons. The van der Waals surface area contributed by atoms with Gasteiger partial charge in [0.1, 0.15) is 5.76 Å². The number of hydrogen-bond donors (Lipinski definition) is 1. The van der Waals surface area contributed by atoms with Crippen molar-refractivity contribution < 1.29 is 9.21 Å². The average Bonchev–Trinajstić information content (AvgIpc) is 2.88. The summed E-state index contributed by atoms with van der Waals surface area (Å²) in [4.78, 5) is 17.5. The minimum absolute atomic E-state index is 0.0412. The van der Waals surface area contributed by atoms with Gasteiger partial charge in [0.25, 0.3) is 0 Å². The van der Waals surface area contributed by atoms with Gasteiger partial charge in [0.05, 0.1) is 11.5 Å². The smallest absolute Gasteiger partial charge is 0.234 e. The lowest BCUT2D eigenvalue weighted by molar-refractivity contribution is -0.121. The number of thioether (sulfide) groups is 1. The van der Waals surface area contributed by atoms with Crippen molar-refractivity contribution in [3.05, 3.63) is 48.2 Å². The minimum atomic E-state index is -0.141. The van der Waals surface area contributed by atoms with E-state index in [0.717, 1.165) is 16.2 Å². The van der Waals surface area contributed by atoms with Crippen LogP contribution in [0.3, 0.4) is 0 Å². The fourth-order valence-corrected chi connectivity index (χ4v) is 3.00. The zero-order valence-corrected chi connectivity index (χ0v) is 13.3. The van der Waals surface area contributed by atoms with E-state index in [2.05, 4.69) is 24.1 Å². The SMILES string of the molecule is Cc1occc1S[C@@H](C(=O)NCc1cccnc1)C(C)C. The first-order valence-corrected chi connectivity index (χ1v) is 7.83. The lowest BCUT2D eigenvalue weighted by Crippen LogP contribution is -2.35. The van der Waals surface area contributed by atoms with E-state index in [-0.39, 0.29) is 17.1 Å². The summed E-state index contributed by atoms with van der Waals surface area (Å²) in [6.07, 6.45) is 5.14. The van der Waals surface area contributed by atoms with Crippen LogP contribution >= 0.6 is 11.8 Å². The largest absolute Gasteiger partial charge is 0.468 e. The molecule has 0 aliphatic carbocycles. The highest BCUT2D eigenvalue weighted by Gasteiger charge is 2.24. The summed E-state index contributed by atoms with van der Waals surface area (Å²) < 4.78 is 5.29. The lowest BCUT2D eigenvalue weighted by Gasteiger charge is -2.19. The van der Waals surface area contributed by atoms with Gasteiger partial charge in [0.2, 0.25) is 5.91 Å². The predicted molar refractivity (Wildman–Crippen MR) is 84.0 cm³/mol. The normalized spacial score (nSPS) is 12.4. The van der Waals surface area contributed by atoms with Crippen LogP contribution in [0.5, 0.6) is 0 Å². The molecule has 5 heteroatoms. The third-order valence-corrected chi connectivity index (χ3v) is 4.81. The first-order valence-electron chi connectivity index (χ1n) is 6.95. The van der Waals surface area contributed by atoms with Crippen LogP contribution in [-0.2, 0) is 11.3 Å². The molecule has 0 unspecified atom stereocenters. The van der Waals surface area contributed by atoms with E-state index < -0.39 is 0 Å². The Labute approximate surface area is 129 Å². The van der Waals surface area contributed by atoms with E-state index in [9.17, 15) is 4.79 Å². The Hall–Kier alpha value is -1.75. The molecule has 0 aromatic carbocycles. The number of furan rings is 1. The third-order valence-electron chi connectivity index (χ3n) is 3.12. The molecule has 1 amide bonds. The van der Waals surface area contributed by atoms with Gasteiger partial charge in [0.15, 0.2) is 0 Å². The van der Waals surface area contributed by atoms with Crippen LogP contribution in [0.1, 0.15) is 25.2 Å². The quantitative estimate of drug-likeness (QED) is 0.831. The molecule has 0 spiro atoms. The molecule has 0 bridgehead atoms. The Morgan fingerprint density at radius 2 is 2.24 bits per heavy atom. The summed E-state index contributed by atoms with van der Waals surface area (Å²) >= 11 is 1.55. The zero-order chi connectivity index (χ0) is 15.2. The van der Waals surface area contributed by atoms with Crippen molar-refractivity contribution in [2.24, 2.45) is 5.92 Å². The topological polar surface area (TPSA) is 55.1 Å². The second-order valence-electron chi connectivity index (χ2n) is 5.20. The molecule has 0 saturated carbocycles. The van der Waals surface area contributed by atoms with E-state index in [1.807, 2.05) is 25.1 Å². The van der Waals surface area contributed by atoms with Crippen LogP contribution < -0.4 is 5.32 Å². The molecule has 2 rings (SSSR count). The molecular weight excluding hydrogens is 284 g/mol. The number of rotatable bonds is 6. The van der Waals surface area contributed by atoms with Crippen molar-refractivity contribution in [1.82, 2.24) is 10.3 Å². The molecule has 1 atom stereocenters. The molecule has 2 aromatic heterocycles. The van der Waals surface area contributed by atoms with Crippen molar-refractivity contribution in [3.63, 3.8) is 0 Å². The highest BCUT2D eigenvalue weighted by atomic mass is 32.2. The van der Waals surface area contributed by atoms with Gasteiger partial charge in [-0.25, -0.2) is 0 Å². The summed E-state index contributed by atoms with van der Waals surface area (Å²) in [5.41, 5.74) is 0.998.